The molecule has 0 bridgehead atoms. The quantitative estimate of drug-likeness (QED) is 0.560. The van der Waals surface area contributed by atoms with Gasteiger partial charge in [-0.3, -0.25) is 9.69 Å². The maximum Gasteiger partial charge on any atom is 0.253 e. The van der Waals surface area contributed by atoms with Crippen LogP contribution in [0.1, 0.15) is 61.4 Å². The second kappa shape index (κ2) is 9.92. The van der Waals surface area contributed by atoms with Gasteiger partial charge >= 0.3 is 0 Å². The van der Waals surface area contributed by atoms with Gasteiger partial charge in [-0.1, -0.05) is 26.0 Å². The van der Waals surface area contributed by atoms with E-state index >= 15 is 0 Å². The molecule has 166 valence electrons. The number of aryl methyl sites for hydroxylation is 1. The topological polar surface area (TPSA) is 72.3 Å². The number of nitrogens with zero attached hydrogens (tertiary/aromatic N) is 4. The smallest absolute Gasteiger partial charge is 0.253 e. The van der Waals surface area contributed by atoms with Crippen LogP contribution in [0.5, 0.6) is 5.75 Å². The molecule has 3 rings (SSSR count). The summed E-state index contributed by atoms with van der Waals surface area (Å²) in [6.45, 7) is 12.5. The van der Waals surface area contributed by atoms with Crippen molar-refractivity contribution in [3.63, 3.8) is 0 Å². The molecule has 31 heavy (non-hydrogen) atoms. The second-order valence-electron chi connectivity index (χ2n) is 7.94. The minimum atomic E-state index is -0.121. The maximum absolute atomic E-state index is 13.1. The van der Waals surface area contributed by atoms with Gasteiger partial charge in [-0.2, -0.15) is 5.10 Å². The predicted molar refractivity (Wildman–Crippen MR) is 124 cm³/mol. The first-order valence-corrected chi connectivity index (χ1v) is 10.9. The number of fused-ring (bicyclic) bond motifs is 1. The molecule has 0 aliphatic rings. The average molecular weight is 424 g/mol. The minimum Gasteiger partial charge on any atom is -0.497 e. The molecular formula is C24H33N5O2. The van der Waals surface area contributed by atoms with Gasteiger partial charge in [-0.05, 0) is 57.6 Å². The number of carbonyl (C=O) groups excluding carboxylic acids is 1. The molecule has 0 saturated carbocycles. The first-order valence-electron chi connectivity index (χ1n) is 10.9. The zero-order valence-corrected chi connectivity index (χ0v) is 19.3. The zero-order chi connectivity index (χ0) is 22.5. The van der Waals surface area contributed by atoms with E-state index in [1.807, 2.05) is 35.9 Å². The molecule has 0 aliphatic heterocycles. The van der Waals surface area contributed by atoms with Crippen LogP contribution in [-0.2, 0) is 0 Å². The summed E-state index contributed by atoms with van der Waals surface area (Å²) in [5, 5.41) is 8.42. The molecule has 1 amide bonds. The first kappa shape index (κ1) is 22.7. The normalized spacial score (nSPS) is 12.5. The van der Waals surface area contributed by atoms with Crippen molar-refractivity contribution in [2.24, 2.45) is 0 Å². The highest BCUT2D eigenvalue weighted by atomic mass is 16.5. The van der Waals surface area contributed by atoms with Crippen molar-refractivity contribution < 1.29 is 9.53 Å². The van der Waals surface area contributed by atoms with Crippen LogP contribution in [0.2, 0.25) is 0 Å². The number of rotatable bonds is 9. The largest absolute Gasteiger partial charge is 0.497 e. The number of carbonyl (C=O) groups is 1. The number of aromatic nitrogens is 3. The molecule has 0 radical (unpaired) electrons. The molecule has 2 aromatic heterocycles. The van der Waals surface area contributed by atoms with Crippen molar-refractivity contribution >= 4 is 16.9 Å². The summed E-state index contributed by atoms with van der Waals surface area (Å²) in [4.78, 5) is 20.1. The van der Waals surface area contributed by atoms with Gasteiger partial charge in [0.15, 0.2) is 5.65 Å². The van der Waals surface area contributed by atoms with E-state index in [2.05, 4.69) is 54.1 Å². The molecule has 3 aromatic rings. The number of nitrogens with one attached hydrogen (secondary N) is 1. The third-order valence-corrected chi connectivity index (χ3v) is 5.68. The SMILES string of the molecule is CCN(CC)C(CNC(=O)c1cc2cnn(C(C)C)c2nc1C)c1cccc(OC)c1. The van der Waals surface area contributed by atoms with Crippen molar-refractivity contribution in [1.82, 2.24) is 25.0 Å². The minimum absolute atomic E-state index is 0.0507. The van der Waals surface area contributed by atoms with E-state index in [9.17, 15) is 4.79 Å². The van der Waals surface area contributed by atoms with Crippen molar-refractivity contribution in [3.8, 4) is 5.75 Å². The zero-order valence-electron chi connectivity index (χ0n) is 19.3. The fourth-order valence-corrected chi connectivity index (χ4v) is 3.93. The fraction of sp³-hybridized carbons (Fsp3) is 0.458. The van der Waals surface area contributed by atoms with Gasteiger partial charge in [-0.15, -0.1) is 0 Å². The van der Waals surface area contributed by atoms with E-state index in [0.717, 1.165) is 35.4 Å². The van der Waals surface area contributed by atoms with Crippen molar-refractivity contribution in [2.75, 3.05) is 26.7 Å². The van der Waals surface area contributed by atoms with Crippen LogP contribution in [0.15, 0.2) is 36.5 Å². The van der Waals surface area contributed by atoms with Crippen LogP contribution >= 0.6 is 0 Å². The van der Waals surface area contributed by atoms with Crippen molar-refractivity contribution in [1.29, 1.82) is 0 Å². The van der Waals surface area contributed by atoms with Crippen LogP contribution < -0.4 is 10.1 Å². The summed E-state index contributed by atoms with van der Waals surface area (Å²) < 4.78 is 7.28. The Bertz CT molecular complexity index is 1040. The number of pyridine rings is 1. The van der Waals surface area contributed by atoms with E-state index in [4.69, 9.17) is 4.74 Å². The molecule has 7 heteroatoms. The van der Waals surface area contributed by atoms with Gasteiger partial charge in [0.1, 0.15) is 5.75 Å². The molecule has 1 unspecified atom stereocenters. The summed E-state index contributed by atoms with van der Waals surface area (Å²) in [6.07, 6.45) is 1.77. The van der Waals surface area contributed by atoms with Gasteiger partial charge in [-0.25, -0.2) is 9.67 Å². The molecule has 2 heterocycles. The molecule has 0 aliphatic carbocycles. The molecule has 1 N–H and O–H groups in total. The van der Waals surface area contributed by atoms with Gasteiger partial charge < -0.3 is 10.1 Å². The van der Waals surface area contributed by atoms with E-state index in [0.29, 0.717) is 17.8 Å². The highest BCUT2D eigenvalue weighted by Gasteiger charge is 2.21. The number of hydrogen-bond acceptors (Lipinski definition) is 5. The summed E-state index contributed by atoms with van der Waals surface area (Å²) in [6, 6.07) is 10.2. The maximum atomic E-state index is 13.1. The van der Waals surface area contributed by atoms with Crippen LogP contribution in [-0.4, -0.2) is 52.3 Å². The van der Waals surface area contributed by atoms with E-state index in [1.54, 1.807) is 13.3 Å². The predicted octanol–water partition coefficient (Wildman–Crippen LogP) is 4.14. The van der Waals surface area contributed by atoms with Gasteiger partial charge in [0.2, 0.25) is 0 Å². The Hall–Kier alpha value is -2.93. The molecular weight excluding hydrogens is 390 g/mol. The number of methoxy groups -OCH3 is 1. The fourth-order valence-electron chi connectivity index (χ4n) is 3.93. The molecule has 7 nitrogen and oxygen atoms in total. The highest BCUT2D eigenvalue weighted by molar-refractivity contribution is 5.98. The van der Waals surface area contributed by atoms with Gasteiger partial charge in [0, 0.05) is 18.0 Å². The summed E-state index contributed by atoms with van der Waals surface area (Å²) >= 11 is 0. The average Bonchev–Trinajstić information content (AvgIpc) is 3.18. The summed E-state index contributed by atoms with van der Waals surface area (Å²) in [5.74, 6) is 0.692. The lowest BCUT2D eigenvalue weighted by Gasteiger charge is -2.30. The number of hydrogen-bond donors (Lipinski definition) is 1. The number of amides is 1. The molecule has 0 spiro atoms. The summed E-state index contributed by atoms with van der Waals surface area (Å²) in [7, 11) is 1.67. The Kier molecular flexibility index (Phi) is 7.28. The first-order chi connectivity index (χ1) is 14.9. The van der Waals surface area contributed by atoms with Crippen molar-refractivity contribution in [3.05, 3.63) is 53.3 Å². The third-order valence-electron chi connectivity index (χ3n) is 5.68. The van der Waals surface area contributed by atoms with Crippen LogP contribution in [0.4, 0.5) is 0 Å². The van der Waals surface area contributed by atoms with Crippen molar-refractivity contribution in [2.45, 2.75) is 46.7 Å². The Morgan fingerprint density at radius 2 is 1.97 bits per heavy atom. The van der Waals surface area contributed by atoms with E-state index in [-0.39, 0.29) is 18.0 Å². The summed E-state index contributed by atoms with van der Waals surface area (Å²) in [5.41, 5.74) is 3.21. The molecule has 0 fully saturated rings. The Morgan fingerprint density at radius 1 is 1.23 bits per heavy atom. The monoisotopic (exact) mass is 423 g/mol. The second-order valence-corrected chi connectivity index (χ2v) is 7.94. The standard InChI is InChI=1S/C24H33N5O2/c1-7-28(8-2)22(18-10-9-11-20(12-18)31-6)15-25-24(30)21-13-19-14-26-29(16(3)4)23(19)27-17(21)5/h9-14,16,22H,7-8,15H2,1-6H3,(H,25,30). The van der Waals surface area contributed by atoms with Gasteiger partial charge in [0.25, 0.3) is 5.91 Å². The lowest BCUT2D eigenvalue weighted by Crippen LogP contribution is -2.38. The lowest BCUT2D eigenvalue weighted by molar-refractivity contribution is 0.0934. The Morgan fingerprint density at radius 3 is 2.61 bits per heavy atom. The van der Waals surface area contributed by atoms with E-state index in [1.165, 1.54) is 0 Å². The van der Waals surface area contributed by atoms with E-state index < -0.39 is 0 Å². The van der Waals surface area contributed by atoms with Crippen LogP contribution in [0.25, 0.3) is 11.0 Å². The lowest BCUT2D eigenvalue weighted by atomic mass is 10.0. The highest BCUT2D eigenvalue weighted by Crippen LogP contribution is 2.24. The molecule has 0 saturated heterocycles. The van der Waals surface area contributed by atoms with Crippen LogP contribution in [0, 0.1) is 6.92 Å². The van der Waals surface area contributed by atoms with Crippen LogP contribution in [0.3, 0.4) is 0 Å². The Labute approximate surface area is 184 Å². The number of likely N-dealkylation sites (N-methyl/N-ethyl adjacent to an activating group) is 1. The molecule has 1 atom stereocenters. The number of benzene rings is 1. The Balaban J connectivity index is 1.84. The van der Waals surface area contributed by atoms with Gasteiger partial charge in [0.05, 0.1) is 30.6 Å². The third kappa shape index (κ3) is 4.88. The molecule has 1 aromatic carbocycles. The number of ether oxygens (including phenoxy) is 1.